The molecule has 2 fully saturated rings. The molecular formula is C20H30Cl3N5. The maximum atomic E-state index is 6.24. The van der Waals surface area contributed by atoms with Gasteiger partial charge in [-0.3, -0.25) is 0 Å². The van der Waals surface area contributed by atoms with E-state index in [0.717, 1.165) is 43.8 Å². The lowest BCUT2D eigenvalue weighted by molar-refractivity contribution is 0.0870. The van der Waals surface area contributed by atoms with Crippen LogP contribution in [0.25, 0.3) is 0 Å². The normalized spacial score (nSPS) is 26.3. The van der Waals surface area contributed by atoms with E-state index in [2.05, 4.69) is 33.2 Å². The zero-order chi connectivity index (χ0) is 18.0. The molecule has 1 aromatic heterocycles. The van der Waals surface area contributed by atoms with Gasteiger partial charge in [0.05, 0.1) is 6.04 Å². The van der Waals surface area contributed by atoms with Crippen LogP contribution in [0.5, 0.6) is 0 Å². The number of nitrogens with zero attached hydrogens (tertiary/aromatic N) is 4. The highest BCUT2D eigenvalue weighted by Crippen LogP contribution is 2.41. The zero-order valence-electron chi connectivity index (χ0n) is 16.0. The lowest BCUT2D eigenvalue weighted by atomic mass is 9.68. The van der Waals surface area contributed by atoms with E-state index in [1.165, 1.54) is 18.4 Å². The van der Waals surface area contributed by atoms with E-state index in [0.29, 0.717) is 18.6 Å². The van der Waals surface area contributed by atoms with Crippen LogP contribution < -0.4 is 5.73 Å². The average molecular weight is 447 g/mol. The van der Waals surface area contributed by atoms with Gasteiger partial charge in [-0.1, -0.05) is 23.7 Å². The number of benzene rings is 1. The Kier molecular flexibility index (Phi) is 8.59. The van der Waals surface area contributed by atoms with Gasteiger partial charge in [0, 0.05) is 36.1 Å². The first kappa shape index (κ1) is 23.4. The van der Waals surface area contributed by atoms with Crippen LogP contribution in [0, 0.1) is 0 Å². The van der Waals surface area contributed by atoms with E-state index in [-0.39, 0.29) is 30.2 Å². The summed E-state index contributed by atoms with van der Waals surface area (Å²) in [7, 11) is 0. The van der Waals surface area contributed by atoms with Gasteiger partial charge in [0.25, 0.3) is 0 Å². The lowest BCUT2D eigenvalue weighted by Gasteiger charge is -2.45. The minimum atomic E-state index is 0. The number of rotatable bonds is 4. The molecular weight excluding hydrogens is 417 g/mol. The average Bonchev–Trinajstić information content (AvgIpc) is 3.23. The van der Waals surface area contributed by atoms with Gasteiger partial charge >= 0.3 is 0 Å². The summed E-state index contributed by atoms with van der Waals surface area (Å²) in [4.78, 5) is 6.77. The van der Waals surface area contributed by atoms with E-state index in [1.807, 2.05) is 17.1 Å². The van der Waals surface area contributed by atoms with Crippen LogP contribution in [0.15, 0.2) is 36.9 Å². The summed E-state index contributed by atoms with van der Waals surface area (Å²) in [6, 6.07) is 9.49. The van der Waals surface area contributed by atoms with Gasteiger partial charge in [-0.15, -0.1) is 24.8 Å². The molecule has 28 heavy (non-hydrogen) atoms. The molecule has 0 bridgehead atoms. The van der Waals surface area contributed by atoms with Gasteiger partial charge in [-0.2, -0.15) is 5.10 Å². The first-order valence-electron chi connectivity index (χ1n) is 9.74. The molecule has 0 unspecified atom stereocenters. The van der Waals surface area contributed by atoms with Crippen molar-refractivity contribution in [3.05, 3.63) is 47.5 Å². The van der Waals surface area contributed by atoms with Crippen LogP contribution in [0.3, 0.4) is 0 Å². The van der Waals surface area contributed by atoms with Crippen molar-refractivity contribution in [2.24, 2.45) is 5.73 Å². The number of hydrogen-bond acceptors (Lipinski definition) is 4. The fraction of sp³-hybridized carbons (Fsp3) is 0.600. The molecule has 2 aromatic rings. The zero-order valence-corrected chi connectivity index (χ0v) is 18.4. The van der Waals surface area contributed by atoms with Gasteiger partial charge in [0.2, 0.25) is 0 Å². The Morgan fingerprint density at radius 2 is 1.79 bits per heavy atom. The molecule has 2 aliphatic rings. The van der Waals surface area contributed by atoms with Crippen molar-refractivity contribution in [1.82, 2.24) is 19.7 Å². The molecule has 0 radical (unpaired) electrons. The maximum Gasteiger partial charge on any atom is 0.137 e. The quantitative estimate of drug-likeness (QED) is 0.762. The highest BCUT2D eigenvalue weighted by atomic mass is 35.5. The van der Waals surface area contributed by atoms with E-state index < -0.39 is 0 Å². The third-order valence-corrected chi connectivity index (χ3v) is 6.80. The van der Waals surface area contributed by atoms with Crippen molar-refractivity contribution in [3.8, 4) is 0 Å². The van der Waals surface area contributed by atoms with Gasteiger partial charge in [-0.25, -0.2) is 9.67 Å². The second kappa shape index (κ2) is 10.3. The van der Waals surface area contributed by atoms with Crippen molar-refractivity contribution in [2.45, 2.75) is 56.0 Å². The number of aromatic nitrogens is 3. The Hall–Kier alpha value is -0.850. The third-order valence-electron chi connectivity index (χ3n) is 6.57. The molecule has 8 heteroatoms. The van der Waals surface area contributed by atoms with E-state index in [4.69, 9.17) is 17.3 Å². The molecule has 0 spiro atoms. The summed E-state index contributed by atoms with van der Waals surface area (Å²) >= 11 is 6.23. The molecule has 1 aliphatic heterocycles. The predicted molar refractivity (Wildman–Crippen MR) is 119 cm³/mol. The van der Waals surface area contributed by atoms with Gasteiger partial charge in [-0.05, 0) is 56.2 Å². The summed E-state index contributed by atoms with van der Waals surface area (Å²) in [5.74, 6) is 0. The summed E-state index contributed by atoms with van der Waals surface area (Å²) in [5.41, 5.74) is 7.66. The maximum absolute atomic E-state index is 6.24. The van der Waals surface area contributed by atoms with E-state index in [9.17, 15) is 0 Å². The Morgan fingerprint density at radius 3 is 2.36 bits per heavy atom. The van der Waals surface area contributed by atoms with Gasteiger partial charge < -0.3 is 10.6 Å². The Morgan fingerprint density at radius 1 is 1.07 bits per heavy atom. The van der Waals surface area contributed by atoms with Crippen LogP contribution in [0.1, 0.15) is 50.1 Å². The SMILES string of the molecule is Cl.Cl.NC[C@]1(c2cccc(Cl)c2)CC[C@H](N2CCC(n3cncn3)CC2)CC1. The Labute approximate surface area is 184 Å². The fourth-order valence-electron chi connectivity index (χ4n) is 4.87. The second-order valence-corrected chi connectivity index (χ2v) is 8.31. The smallest absolute Gasteiger partial charge is 0.137 e. The number of nitrogens with two attached hydrogens (primary N) is 1. The third kappa shape index (κ3) is 4.82. The fourth-order valence-corrected chi connectivity index (χ4v) is 5.06. The number of hydrogen-bond donors (Lipinski definition) is 1. The standard InChI is InChI=1S/C20H28ClN5.2ClH/c21-17-3-1-2-16(12-17)20(13-22)8-4-18(5-9-20)25-10-6-19(7-11-25)26-15-23-14-24-26;;/h1-3,12,14-15,18-19H,4-11,13,22H2;2*1H/t18-,20-;;. The molecule has 1 saturated carbocycles. The predicted octanol–water partition coefficient (Wildman–Crippen LogP) is 4.25. The molecule has 1 aliphatic carbocycles. The minimum Gasteiger partial charge on any atom is -0.330 e. The topological polar surface area (TPSA) is 60.0 Å². The number of halogens is 3. The van der Waals surface area contributed by atoms with Crippen LogP contribution in [-0.4, -0.2) is 45.3 Å². The van der Waals surface area contributed by atoms with E-state index >= 15 is 0 Å². The lowest BCUT2D eigenvalue weighted by Crippen LogP contribution is -2.48. The highest BCUT2D eigenvalue weighted by molar-refractivity contribution is 6.30. The molecule has 2 heterocycles. The summed E-state index contributed by atoms with van der Waals surface area (Å²) in [6.07, 6.45) is 10.5. The number of likely N-dealkylation sites (tertiary alicyclic amines) is 1. The molecule has 2 N–H and O–H groups in total. The molecule has 1 aromatic carbocycles. The molecule has 1 saturated heterocycles. The second-order valence-electron chi connectivity index (χ2n) is 7.87. The van der Waals surface area contributed by atoms with Crippen molar-refractivity contribution < 1.29 is 0 Å². The van der Waals surface area contributed by atoms with Crippen molar-refractivity contribution in [3.63, 3.8) is 0 Å². The van der Waals surface area contributed by atoms with E-state index in [1.54, 1.807) is 6.33 Å². The molecule has 5 nitrogen and oxygen atoms in total. The molecule has 0 atom stereocenters. The van der Waals surface area contributed by atoms with Crippen molar-refractivity contribution in [1.29, 1.82) is 0 Å². The minimum absolute atomic E-state index is 0. The van der Waals surface area contributed by atoms with Crippen molar-refractivity contribution in [2.75, 3.05) is 19.6 Å². The summed E-state index contributed by atoms with van der Waals surface area (Å²) < 4.78 is 2.02. The first-order valence-corrected chi connectivity index (χ1v) is 10.1. The van der Waals surface area contributed by atoms with Gasteiger partial charge in [0.1, 0.15) is 12.7 Å². The molecule has 0 amide bonds. The Balaban J connectivity index is 0.00000140. The van der Waals surface area contributed by atoms with Crippen LogP contribution in [-0.2, 0) is 5.41 Å². The van der Waals surface area contributed by atoms with Crippen LogP contribution >= 0.6 is 36.4 Å². The van der Waals surface area contributed by atoms with Gasteiger partial charge in [0.15, 0.2) is 0 Å². The van der Waals surface area contributed by atoms with Crippen LogP contribution in [0.4, 0.5) is 0 Å². The Bertz CT molecular complexity index is 708. The molecule has 156 valence electrons. The highest BCUT2D eigenvalue weighted by Gasteiger charge is 2.38. The summed E-state index contributed by atoms with van der Waals surface area (Å²) in [5, 5.41) is 5.12. The van der Waals surface area contributed by atoms with Crippen LogP contribution in [0.2, 0.25) is 5.02 Å². The summed E-state index contributed by atoms with van der Waals surface area (Å²) in [6.45, 7) is 3.01. The molecule has 4 rings (SSSR count). The first-order chi connectivity index (χ1) is 12.7. The van der Waals surface area contributed by atoms with Crippen molar-refractivity contribution >= 4 is 36.4 Å². The monoisotopic (exact) mass is 445 g/mol. The largest absolute Gasteiger partial charge is 0.330 e. The number of piperidine rings is 1.